The molecule has 29 heavy (non-hydrogen) atoms. The van der Waals surface area contributed by atoms with E-state index < -0.39 is 0 Å². The van der Waals surface area contributed by atoms with Crippen LogP contribution >= 0.6 is 0 Å². The number of anilines is 1. The summed E-state index contributed by atoms with van der Waals surface area (Å²) in [5, 5.41) is 6.95. The number of nitrogens with one attached hydrogen (secondary N) is 2. The van der Waals surface area contributed by atoms with Crippen molar-refractivity contribution in [1.29, 1.82) is 0 Å². The van der Waals surface area contributed by atoms with Gasteiger partial charge in [0.05, 0.1) is 0 Å². The molecule has 1 unspecified atom stereocenters. The number of allylic oxidation sites excluding steroid dienone is 2. The number of rotatable bonds is 5. The van der Waals surface area contributed by atoms with Gasteiger partial charge in [-0.2, -0.15) is 0 Å². The maximum atomic E-state index is 4.87. The molecule has 158 valence electrons. The number of benzene rings is 2. The van der Waals surface area contributed by atoms with Crippen molar-refractivity contribution in [2.45, 2.75) is 73.4 Å². The second kappa shape index (κ2) is 14.4. The molecule has 2 N–H and O–H groups in total. The molecular weight excluding hydrogens is 354 g/mol. The normalized spacial score (nSPS) is 14.8. The molecule has 1 heterocycles. The molecule has 0 spiro atoms. The molecule has 3 heteroatoms. The van der Waals surface area contributed by atoms with Gasteiger partial charge >= 0.3 is 0 Å². The number of hydrogen-bond acceptors (Lipinski definition) is 3. The van der Waals surface area contributed by atoms with Gasteiger partial charge in [-0.3, -0.25) is 0 Å². The Hall–Kier alpha value is -2.55. The predicted octanol–water partition coefficient (Wildman–Crippen LogP) is 7.68. The number of unbranched alkanes of at least 4 members (excludes halogenated alkanes) is 2. The number of hydrogen-bond donors (Lipinski definition) is 2. The third-order valence-electron chi connectivity index (χ3n) is 4.38. The fourth-order valence-corrected chi connectivity index (χ4v) is 2.98. The molecule has 1 aliphatic heterocycles. The first kappa shape index (κ1) is 24.5. The van der Waals surface area contributed by atoms with Crippen LogP contribution in [-0.4, -0.2) is 5.84 Å². The van der Waals surface area contributed by atoms with Crippen LogP contribution in [0, 0.1) is 0 Å². The van der Waals surface area contributed by atoms with E-state index in [2.05, 4.69) is 68.7 Å². The van der Waals surface area contributed by atoms with Crippen molar-refractivity contribution in [3.05, 3.63) is 77.5 Å². The summed E-state index contributed by atoms with van der Waals surface area (Å²) in [7, 11) is 0. The zero-order chi connectivity index (χ0) is 21.5. The molecule has 0 radical (unpaired) electrons. The van der Waals surface area contributed by atoms with Crippen molar-refractivity contribution in [1.82, 2.24) is 5.32 Å². The molecule has 0 aromatic heterocycles. The van der Waals surface area contributed by atoms with Crippen LogP contribution in [0.2, 0.25) is 0 Å². The zero-order valence-electron chi connectivity index (χ0n) is 19.1. The SMILES string of the molecule is CC.CC/C=C(\C)NC1=NC(c2ccccc2)Nc2ccccc21.CCCCC. The van der Waals surface area contributed by atoms with Gasteiger partial charge in [-0.15, -0.1) is 0 Å². The van der Waals surface area contributed by atoms with E-state index in [1.165, 1.54) is 19.3 Å². The van der Waals surface area contributed by atoms with Gasteiger partial charge in [-0.25, -0.2) is 4.99 Å². The van der Waals surface area contributed by atoms with E-state index in [0.29, 0.717) is 0 Å². The summed E-state index contributed by atoms with van der Waals surface area (Å²) in [6.45, 7) is 12.6. The highest BCUT2D eigenvalue weighted by molar-refractivity contribution is 6.05. The maximum Gasteiger partial charge on any atom is 0.147 e. The van der Waals surface area contributed by atoms with E-state index in [0.717, 1.165) is 34.8 Å². The molecule has 1 atom stereocenters. The fourth-order valence-electron chi connectivity index (χ4n) is 2.98. The predicted molar refractivity (Wildman–Crippen MR) is 130 cm³/mol. The molecule has 0 saturated carbocycles. The number of para-hydroxylation sites is 1. The van der Waals surface area contributed by atoms with Gasteiger partial charge in [-0.1, -0.05) is 102 Å². The Morgan fingerprint density at radius 1 is 0.966 bits per heavy atom. The Balaban J connectivity index is 0.000000527. The highest BCUT2D eigenvalue weighted by Crippen LogP contribution is 2.29. The Bertz CT molecular complexity index is 746. The Kier molecular flexibility index (Phi) is 12.2. The summed E-state index contributed by atoms with van der Waals surface area (Å²) < 4.78 is 0. The third kappa shape index (κ3) is 8.15. The maximum absolute atomic E-state index is 4.87. The average molecular weight is 394 g/mol. The molecule has 0 fully saturated rings. The Morgan fingerprint density at radius 2 is 1.59 bits per heavy atom. The van der Waals surface area contributed by atoms with Crippen molar-refractivity contribution < 1.29 is 0 Å². The Labute approximate surface area is 178 Å². The van der Waals surface area contributed by atoms with Crippen molar-refractivity contribution in [3.63, 3.8) is 0 Å². The molecule has 0 bridgehead atoms. The summed E-state index contributed by atoms with van der Waals surface area (Å²) in [6.07, 6.45) is 7.19. The molecule has 3 rings (SSSR count). The van der Waals surface area contributed by atoms with Crippen molar-refractivity contribution in [2.75, 3.05) is 5.32 Å². The van der Waals surface area contributed by atoms with E-state index in [1.807, 2.05) is 44.2 Å². The lowest BCUT2D eigenvalue weighted by Crippen LogP contribution is -2.29. The molecule has 0 aliphatic carbocycles. The topological polar surface area (TPSA) is 36.4 Å². The molecule has 1 aliphatic rings. The average Bonchev–Trinajstić information content (AvgIpc) is 2.77. The number of fused-ring (bicyclic) bond motifs is 1. The minimum absolute atomic E-state index is 0.0620. The van der Waals surface area contributed by atoms with Crippen molar-refractivity contribution in [2.24, 2.45) is 4.99 Å². The molecule has 2 aromatic carbocycles. The molecule has 0 saturated heterocycles. The summed E-state index contributed by atoms with van der Waals surface area (Å²) in [4.78, 5) is 4.87. The zero-order valence-corrected chi connectivity index (χ0v) is 19.1. The lowest BCUT2D eigenvalue weighted by Gasteiger charge is -2.26. The van der Waals surface area contributed by atoms with Crippen LogP contribution in [0.25, 0.3) is 0 Å². The van der Waals surface area contributed by atoms with E-state index in [4.69, 9.17) is 4.99 Å². The van der Waals surface area contributed by atoms with Crippen molar-refractivity contribution in [3.8, 4) is 0 Å². The third-order valence-corrected chi connectivity index (χ3v) is 4.38. The monoisotopic (exact) mass is 393 g/mol. The van der Waals surface area contributed by atoms with Crippen LogP contribution in [0.5, 0.6) is 0 Å². The van der Waals surface area contributed by atoms with E-state index in [9.17, 15) is 0 Å². The minimum atomic E-state index is -0.0620. The first-order valence-electron chi connectivity index (χ1n) is 11.1. The van der Waals surface area contributed by atoms with Gasteiger partial charge in [0.1, 0.15) is 12.0 Å². The largest absolute Gasteiger partial charge is 0.359 e. The van der Waals surface area contributed by atoms with Gasteiger partial charge < -0.3 is 10.6 Å². The Morgan fingerprint density at radius 3 is 2.17 bits per heavy atom. The second-order valence-corrected chi connectivity index (χ2v) is 6.75. The number of nitrogens with zero attached hydrogens (tertiary/aromatic N) is 1. The van der Waals surface area contributed by atoms with Gasteiger partial charge in [0.25, 0.3) is 0 Å². The lowest BCUT2D eigenvalue weighted by molar-refractivity contribution is 0.772. The standard InChI is InChI=1S/C19H21N3.C5H12.C2H6/c1-3-9-14(2)20-19-16-12-7-8-13-17(16)21-18(22-19)15-10-5-4-6-11-15;1-3-5-4-2;1-2/h4-13,18,21H,3H2,1-2H3,(H,20,22);3-5H2,1-2H3;1-2H3/b14-9+;;. The van der Waals surface area contributed by atoms with Crippen LogP contribution in [0.1, 0.15) is 84.5 Å². The van der Waals surface area contributed by atoms with E-state index in [1.54, 1.807) is 0 Å². The summed E-state index contributed by atoms with van der Waals surface area (Å²) in [6, 6.07) is 18.6. The number of amidine groups is 1. The summed E-state index contributed by atoms with van der Waals surface area (Å²) in [5.41, 5.74) is 4.51. The van der Waals surface area contributed by atoms with Gasteiger partial charge in [0.15, 0.2) is 0 Å². The van der Waals surface area contributed by atoms with Crippen LogP contribution in [0.3, 0.4) is 0 Å². The van der Waals surface area contributed by atoms with Gasteiger partial charge in [0, 0.05) is 16.9 Å². The quantitative estimate of drug-likeness (QED) is 0.546. The van der Waals surface area contributed by atoms with Gasteiger partial charge in [-0.05, 0) is 31.0 Å². The summed E-state index contributed by atoms with van der Waals surface area (Å²) >= 11 is 0. The van der Waals surface area contributed by atoms with Crippen LogP contribution < -0.4 is 10.6 Å². The van der Waals surface area contributed by atoms with Crippen LogP contribution in [0.15, 0.2) is 71.4 Å². The molecule has 0 amide bonds. The van der Waals surface area contributed by atoms with Gasteiger partial charge in [0.2, 0.25) is 0 Å². The number of aliphatic imine (C=N–C) groups is 1. The first-order valence-corrected chi connectivity index (χ1v) is 11.1. The minimum Gasteiger partial charge on any atom is -0.359 e. The van der Waals surface area contributed by atoms with Crippen LogP contribution in [0.4, 0.5) is 5.69 Å². The second-order valence-electron chi connectivity index (χ2n) is 6.75. The fraction of sp³-hybridized carbons (Fsp3) is 0.423. The lowest BCUT2D eigenvalue weighted by atomic mass is 10.1. The van der Waals surface area contributed by atoms with Crippen LogP contribution in [-0.2, 0) is 0 Å². The highest BCUT2D eigenvalue weighted by atomic mass is 15.2. The van der Waals surface area contributed by atoms with E-state index in [-0.39, 0.29) is 6.17 Å². The van der Waals surface area contributed by atoms with Crippen molar-refractivity contribution >= 4 is 11.5 Å². The van der Waals surface area contributed by atoms with E-state index >= 15 is 0 Å². The molecular formula is C26H39N3. The molecule has 2 aromatic rings. The highest BCUT2D eigenvalue weighted by Gasteiger charge is 2.20. The molecule has 3 nitrogen and oxygen atoms in total. The smallest absolute Gasteiger partial charge is 0.147 e. The first-order chi connectivity index (χ1) is 14.2. The summed E-state index contributed by atoms with van der Waals surface area (Å²) in [5.74, 6) is 0.922.